The Bertz CT molecular complexity index is 540. The molecular weight excluding hydrogens is 240 g/mol. The summed E-state index contributed by atoms with van der Waals surface area (Å²) in [6.45, 7) is 0. The van der Waals surface area contributed by atoms with Crippen molar-refractivity contribution in [3.8, 4) is 5.75 Å². The molecule has 1 heterocycles. The second-order valence-electron chi connectivity index (χ2n) is 3.50. The molecule has 2 rings (SSSR count). The average Bonchev–Trinajstić information content (AvgIpc) is 2.81. The molecule has 17 heavy (non-hydrogen) atoms. The monoisotopic (exact) mass is 250 g/mol. The molecular formula is C11H10N2O3S. The van der Waals surface area contributed by atoms with Gasteiger partial charge in [-0.2, -0.15) is 0 Å². The quantitative estimate of drug-likeness (QED) is 0.646. The van der Waals surface area contributed by atoms with Gasteiger partial charge in [-0.15, -0.1) is 11.3 Å². The summed E-state index contributed by atoms with van der Waals surface area (Å²) in [6, 6.07) is 7.52. The molecule has 0 saturated carbocycles. The third kappa shape index (κ3) is 2.27. The fraction of sp³-hybridized carbons (Fsp3) is 0.0909. The van der Waals surface area contributed by atoms with Crippen LogP contribution in [0, 0.1) is 10.1 Å². The Morgan fingerprint density at radius 2 is 2.18 bits per heavy atom. The highest BCUT2D eigenvalue weighted by atomic mass is 32.1. The van der Waals surface area contributed by atoms with Crippen molar-refractivity contribution in [1.29, 1.82) is 0 Å². The number of phenols is 1. The Morgan fingerprint density at radius 3 is 2.76 bits per heavy atom. The fourth-order valence-corrected chi connectivity index (χ4v) is 2.27. The predicted octanol–water partition coefficient (Wildman–Crippen LogP) is 2.41. The maximum Gasteiger partial charge on any atom is 0.311 e. The van der Waals surface area contributed by atoms with E-state index in [9.17, 15) is 15.2 Å². The lowest BCUT2D eigenvalue weighted by Gasteiger charge is -2.09. The van der Waals surface area contributed by atoms with Crippen molar-refractivity contribution in [3.05, 3.63) is 56.3 Å². The molecule has 0 saturated heterocycles. The fourth-order valence-electron chi connectivity index (χ4n) is 1.51. The van der Waals surface area contributed by atoms with E-state index in [2.05, 4.69) is 0 Å². The van der Waals surface area contributed by atoms with E-state index < -0.39 is 11.0 Å². The lowest BCUT2D eigenvalue weighted by Crippen LogP contribution is -2.10. The number of aromatic hydroxyl groups is 1. The Balaban J connectivity index is 2.40. The molecule has 0 unspecified atom stereocenters. The topological polar surface area (TPSA) is 89.4 Å². The van der Waals surface area contributed by atoms with Gasteiger partial charge in [-0.1, -0.05) is 12.1 Å². The van der Waals surface area contributed by atoms with Gasteiger partial charge in [0.05, 0.1) is 11.0 Å². The average molecular weight is 250 g/mol. The summed E-state index contributed by atoms with van der Waals surface area (Å²) in [5.41, 5.74) is 6.27. The molecule has 2 aromatic rings. The number of rotatable bonds is 3. The zero-order chi connectivity index (χ0) is 12.4. The second kappa shape index (κ2) is 4.52. The number of nitro groups is 1. The van der Waals surface area contributed by atoms with E-state index in [-0.39, 0.29) is 11.4 Å². The summed E-state index contributed by atoms with van der Waals surface area (Å²) in [6.07, 6.45) is 0. The van der Waals surface area contributed by atoms with Gasteiger partial charge in [0, 0.05) is 10.9 Å². The van der Waals surface area contributed by atoms with Crippen molar-refractivity contribution in [1.82, 2.24) is 0 Å². The summed E-state index contributed by atoms with van der Waals surface area (Å²) in [7, 11) is 0. The van der Waals surface area contributed by atoms with E-state index in [1.54, 1.807) is 6.07 Å². The van der Waals surface area contributed by atoms with Gasteiger partial charge >= 0.3 is 5.69 Å². The number of benzene rings is 1. The van der Waals surface area contributed by atoms with Gasteiger partial charge in [-0.3, -0.25) is 10.1 Å². The Labute approximate surface area is 101 Å². The molecule has 0 aliphatic rings. The van der Waals surface area contributed by atoms with Crippen molar-refractivity contribution in [2.75, 3.05) is 0 Å². The molecule has 0 aliphatic carbocycles. The van der Waals surface area contributed by atoms with Crippen molar-refractivity contribution >= 4 is 17.0 Å². The molecule has 1 aromatic carbocycles. The van der Waals surface area contributed by atoms with E-state index in [1.165, 1.54) is 23.5 Å². The Morgan fingerprint density at radius 1 is 1.41 bits per heavy atom. The molecule has 0 spiro atoms. The van der Waals surface area contributed by atoms with E-state index >= 15 is 0 Å². The maximum atomic E-state index is 10.7. The summed E-state index contributed by atoms with van der Waals surface area (Å²) < 4.78 is 0. The van der Waals surface area contributed by atoms with Crippen LogP contribution in [0.3, 0.4) is 0 Å². The summed E-state index contributed by atoms with van der Waals surface area (Å²) in [5.74, 6) is -0.350. The summed E-state index contributed by atoms with van der Waals surface area (Å²) in [5, 5.41) is 21.9. The zero-order valence-corrected chi connectivity index (χ0v) is 9.55. The third-order valence-electron chi connectivity index (χ3n) is 2.40. The van der Waals surface area contributed by atoms with Crippen LogP contribution in [-0.2, 0) is 0 Å². The summed E-state index contributed by atoms with van der Waals surface area (Å²) in [4.78, 5) is 11.0. The largest absolute Gasteiger partial charge is 0.502 e. The number of thiophene rings is 1. The van der Waals surface area contributed by atoms with Crippen molar-refractivity contribution in [3.63, 3.8) is 0 Å². The van der Waals surface area contributed by atoms with Gasteiger partial charge in [-0.05, 0) is 23.1 Å². The van der Waals surface area contributed by atoms with Crippen LogP contribution in [0.4, 0.5) is 5.69 Å². The standard InChI is InChI=1S/C11H10N2O3S/c12-11(10-2-1-5-17-10)7-3-4-9(14)8(6-7)13(15)16/h1-6,11,14H,12H2/t11-/m1/s1. The van der Waals surface area contributed by atoms with Gasteiger partial charge in [0.25, 0.3) is 0 Å². The molecule has 0 aliphatic heterocycles. The van der Waals surface area contributed by atoms with Crippen LogP contribution in [0.2, 0.25) is 0 Å². The molecule has 3 N–H and O–H groups in total. The zero-order valence-electron chi connectivity index (χ0n) is 8.74. The first kappa shape index (κ1) is 11.6. The molecule has 1 atom stereocenters. The predicted molar refractivity (Wildman–Crippen MR) is 65.1 cm³/mol. The first-order valence-corrected chi connectivity index (χ1v) is 5.74. The van der Waals surface area contributed by atoms with Crippen LogP contribution >= 0.6 is 11.3 Å². The Hall–Kier alpha value is -1.92. The van der Waals surface area contributed by atoms with Crippen molar-refractivity contribution in [2.45, 2.75) is 6.04 Å². The van der Waals surface area contributed by atoms with Crippen LogP contribution in [0.1, 0.15) is 16.5 Å². The van der Waals surface area contributed by atoms with E-state index in [0.717, 1.165) is 4.88 Å². The number of phenolic OH excluding ortho intramolecular Hbond substituents is 1. The second-order valence-corrected chi connectivity index (χ2v) is 4.48. The minimum Gasteiger partial charge on any atom is -0.502 e. The van der Waals surface area contributed by atoms with E-state index in [1.807, 2.05) is 17.5 Å². The van der Waals surface area contributed by atoms with Crippen LogP contribution in [-0.4, -0.2) is 10.0 Å². The molecule has 0 amide bonds. The van der Waals surface area contributed by atoms with Crippen LogP contribution in [0.15, 0.2) is 35.7 Å². The smallest absolute Gasteiger partial charge is 0.311 e. The first-order chi connectivity index (χ1) is 8.09. The third-order valence-corrected chi connectivity index (χ3v) is 3.36. The van der Waals surface area contributed by atoms with Gasteiger partial charge in [0.15, 0.2) is 5.75 Å². The molecule has 0 radical (unpaired) electrons. The number of hydrogen-bond donors (Lipinski definition) is 2. The van der Waals surface area contributed by atoms with Crippen LogP contribution in [0.25, 0.3) is 0 Å². The van der Waals surface area contributed by atoms with Crippen LogP contribution in [0.5, 0.6) is 5.75 Å². The lowest BCUT2D eigenvalue weighted by atomic mass is 10.1. The Kier molecular flexibility index (Phi) is 3.08. The lowest BCUT2D eigenvalue weighted by molar-refractivity contribution is -0.385. The highest BCUT2D eigenvalue weighted by molar-refractivity contribution is 7.10. The van der Waals surface area contributed by atoms with Crippen molar-refractivity contribution in [2.24, 2.45) is 5.73 Å². The van der Waals surface area contributed by atoms with Gasteiger partial charge in [0.1, 0.15) is 0 Å². The molecule has 1 aromatic heterocycles. The van der Waals surface area contributed by atoms with E-state index in [4.69, 9.17) is 5.73 Å². The van der Waals surface area contributed by atoms with Gasteiger partial charge < -0.3 is 10.8 Å². The number of nitro benzene ring substituents is 1. The highest BCUT2D eigenvalue weighted by Crippen LogP contribution is 2.31. The van der Waals surface area contributed by atoms with Gasteiger partial charge in [0.2, 0.25) is 0 Å². The molecule has 0 bridgehead atoms. The maximum absolute atomic E-state index is 10.7. The highest BCUT2D eigenvalue weighted by Gasteiger charge is 2.17. The number of nitrogens with two attached hydrogens (primary N) is 1. The van der Waals surface area contributed by atoms with Gasteiger partial charge in [-0.25, -0.2) is 0 Å². The van der Waals surface area contributed by atoms with Crippen LogP contribution < -0.4 is 5.73 Å². The number of nitrogens with zero attached hydrogens (tertiary/aromatic N) is 1. The molecule has 0 fully saturated rings. The number of hydrogen-bond acceptors (Lipinski definition) is 5. The normalized spacial score (nSPS) is 12.3. The first-order valence-electron chi connectivity index (χ1n) is 4.86. The minimum atomic E-state index is -0.625. The van der Waals surface area contributed by atoms with E-state index in [0.29, 0.717) is 5.56 Å². The summed E-state index contributed by atoms with van der Waals surface area (Å²) >= 11 is 1.49. The molecule has 6 heteroatoms. The van der Waals surface area contributed by atoms with Crippen molar-refractivity contribution < 1.29 is 10.0 Å². The minimum absolute atomic E-state index is 0.325. The molecule has 88 valence electrons. The SMILES string of the molecule is N[C@H](c1ccc(O)c([N+](=O)[O-])c1)c1cccs1. The molecule has 5 nitrogen and oxygen atoms in total.